The molecule has 1 amide bonds. The number of ether oxygens (including phenoxy) is 1. The number of anilines is 1. The van der Waals surface area contributed by atoms with Crippen LogP contribution < -0.4 is 14.5 Å². The number of halogens is 1. The highest BCUT2D eigenvalue weighted by Crippen LogP contribution is 2.30. The standard InChI is InChI=1S/C22H22BrN3O4S2/c1-15-4-6-17(7-5-15)26(14-22(27)25-24-13-21-16(2)10-11-31-21)32(28,29)18-8-9-20(30-3)19(23)12-18/h4-13H,14H2,1-3H3,(H,25,27)/b24-13-. The van der Waals surface area contributed by atoms with Crippen LogP contribution in [0.15, 0.2) is 68.4 Å². The molecule has 0 bridgehead atoms. The molecule has 32 heavy (non-hydrogen) atoms. The summed E-state index contributed by atoms with van der Waals surface area (Å²) in [6.07, 6.45) is 1.54. The van der Waals surface area contributed by atoms with Gasteiger partial charge in [-0.1, -0.05) is 17.7 Å². The highest BCUT2D eigenvalue weighted by atomic mass is 79.9. The van der Waals surface area contributed by atoms with Gasteiger partial charge in [0.15, 0.2) is 0 Å². The van der Waals surface area contributed by atoms with Gasteiger partial charge >= 0.3 is 0 Å². The van der Waals surface area contributed by atoms with Crippen LogP contribution in [0.1, 0.15) is 16.0 Å². The van der Waals surface area contributed by atoms with E-state index in [1.807, 2.05) is 25.3 Å². The number of hydrazone groups is 1. The second-order valence-electron chi connectivity index (χ2n) is 6.90. The minimum atomic E-state index is -4.05. The molecular weight excluding hydrogens is 514 g/mol. The summed E-state index contributed by atoms with van der Waals surface area (Å²) in [6, 6.07) is 13.3. The fraction of sp³-hybridized carbons (Fsp3) is 0.182. The van der Waals surface area contributed by atoms with Crippen molar-refractivity contribution in [2.45, 2.75) is 18.7 Å². The predicted molar refractivity (Wildman–Crippen MR) is 131 cm³/mol. The van der Waals surface area contributed by atoms with Crippen molar-refractivity contribution in [2.75, 3.05) is 18.0 Å². The summed E-state index contributed by atoms with van der Waals surface area (Å²) in [5.41, 5.74) is 4.80. The predicted octanol–water partition coefficient (Wildman–Crippen LogP) is 4.48. The molecule has 0 radical (unpaired) electrons. The van der Waals surface area contributed by atoms with E-state index in [9.17, 15) is 13.2 Å². The lowest BCUT2D eigenvalue weighted by Crippen LogP contribution is -2.39. The average Bonchev–Trinajstić information content (AvgIpc) is 3.17. The van der Waals surface area contributed by atoms with Gasteiger partial charge in [0.1, 0.15) is 12.3 Å². The van der Waals surface area contributed by atoms with E-state index >= 15 is 0 Å². The minimum absolute atomic E-state index is 0.0243. The molecule has 168 valence electrons. The van der Waals surface area contributed by atoms with Crippen molar-refractivity contribution < 1.29 is 17.9 Å². The molecule has 0 unspecified atom stereocenters. The monoisotopic (exact) mass is 535 g/mol. The molecule has 0 aliphatic heterocycles. The van der Waals surface area contributed by atoms with Crippen LogP contribution in [-0.2, 0) is 14.8 Å². The molecule has 2 aromatic carbocycles. The number of aryl methyl sites for hydroxylation is 2. The highest BCUT2D eigenvalue weighted by molar-refractivity contribution is 9.10. The maximum atomic E-state index is 13.5. The van der Waals surface area contributed by atoms with Crippen molar-refractivity contribution in [3.05, 3.63) is 74.4 Å². The number of hydrogen-bond acceptors (Lipinski definition) is 6. The van der Waals surface area contributed by atoms with Gasteiger partial charge in [-0.05, 0) is 77.1 Å². The number of hydrogen-bond donors (Lipinski definition) is 1. The second kappa shape index (κ2) is 10.3. The van der Waals surface area contributed by atoms with Crippen molar-refractivity contribution >= 4 is 55.1 Å². The molecule has 0 atom stereocenters. The number of nitrogens with one attached hydrogen (secondary N) is 1. The molecule has 1 N–H and O–H groups in total. The number of sulfonamides is 1. The van der Waals surface area contributed by atoms with Crippen molar-refractivity contribution in [1.82, 2.24) is 5.43 Å². The van der Waals surface area contributed by atoms with Crippen molar-refractivity contribution in [1.29, 1.82) is 0 Å². The first-order valence-electron chi connectivity index (χ1n) is 9.51. The van der Waals surface area contributed by atoms with Gasteiger partial charge in [0.2, 0.25) is 0 Å². The summed E-state index contributed by atoms with van der Waals surface area (Å²) in [5, 5.41) is 5.90. The number of carbonyl (C=O) groups is 1. The Morgan fingerprint density at radius 2 is 1.91 bits per heavy atom. The van der Waals surface area contributed by atoms with E-state index < -0.39 is 22.5 Å². The Morgan fingerprint density at radius 1 is 1.19 bits per heavy atom. The van der Waals surface area contributed by atoms with Crippen molar-refractivity contribution in [2.24, 2.45) is 5.10 Å². The van der Waals surface area contributed by atoms with E-state index in [2.05, 4.69) is 26.5 Å². The Labute approximate surface area is 199 Å². The molecule has 0 aliphatic carbocycles. The number of benzene rings is 2. The van der Waals surface area contributed by atoms with Gasteiger partial charge in [-0.25, -0.2) is 13.8 Å². The van der Waals surface area contributed by atoms with Crippen LogP contribution in [0.5, 0.6) is 5.75 Å². The Hall–Kier alpha value is -2.69. The maximum Gasteiger partial charge on any atom is 0.264 e. The molecule has 0 saturated carbocycles. The van der Waals surface area contributed by atoms with Crippen LogP contribution in [0.25, 0.3) is 0 Å². The zero-order valence-electron chi connectivity index (χ0n) is 17.7. The molecule has 0 aliphatic rings. The van der Waals surface area contributed by atoms with E-state index in [-0.39, 0.29) is 4.90 Å². The summed E-state index contributed by atoms with van der Waals surface area (Å²) >= 11 is 4.82. The molecule has 3 rings (SSSR count). The Morgan fingerprint density at radius 3 is 2.50 bits per heavy atom. The first-order chi connectivity index (χ1) is 15.2. The summed E-state index contributed by atoms with van der Waals surface area (Å²) in [6.45, 7) is 3.41. The first-order valence-corrected chi connectivity index (χ1v) is 12.6. The van der Waals surface area contributed by atoms with Crippen LogP contribution in [0.4, 0.5) is 5.69 Å². The molecule has 10 heteroatoms. The second-order valence-corrected chi connectivity index (χ2v) is 10.6. The van der Waals surface area contributed by atoms with Crippen molar-refractivity contribution in [3.8, 4) is 5.75 Å². The fourth-order valence-electron chi connectivity index (χ4n) is 2.81. The van der Waals surface area contributed by atoms with Crippen LogP contribution in [0, 0.1) is 13.8 Å². The zero-order chi connectivity index (χ0) is 23.3. The summed E-state index contributed by atoms with van der Waals surface area (Å²) in [7, 11) is -2.55. The lowest BCUT2D eigenvalue weighted by molar-refractivity contribution is -0.119. The van der Waals surface area contributed by atoms with E-state index in [0.29, 0.717) is 15.9 Å². The van der Waals surface area contributed by atoms with E-state index in [0.717, 1.165) is 20.3 Å². The lowest BCUT2D eigenvalue weighted by atomic mass is 10.2. The summed E-state index contributed by atoms with van der Waals surface area (Å²) in [5.74, 6) is -0.0611. The Bertz CT molecular complexity index is 1240. The van der Waals surface area contributed by atoms with Crippen LogP contribution in [0.3, 0.4) is 0 Å². The number of amides is 1. The fourth-order valence-corrected chi connectivity index (χ4v) is 5.73. The zero-order valence-corrected chi connectivity index (χ0v) is 20.9. The average molecular weight is 536 g/mol. The minimum Gasteiger partial charge on any atom is -0.496 e. The third kappa shape index (κ3) is 5.56. The number of methoxy groups -OCH3 is 1. The van der Waals surface area contributed by atoms with Crippen LogP contribution in [-0.4, -0.2) is 34.2 Å². The van der Waals surface area contributed by atoms with E-state index in [1.165, 1.54) is 30.6 Å². The van der Waals surface area contributed by atoms with E-state index in [4.69, 9.17) is 4.74 Å². The van der Waals surface area contributed by atoms with E-state index in [1.54, 1.807) is 36.5 Å². The van der Waals surface area contributed by atoms with Crippen LogP contribution in [0.2, 0.25) is 0 Å². The van der Waals surface area contributed by atoms with Gasteiger partial charge in [-0.2, -0.15) is 5.10 Å². The van der Waals surface area contributed by atoms with Gasteiger partial charge < -0.3 is 4.74 Å². The summed E-state index contributed by atoms with van der Waals surface area (Å²) < 4.78 is 33.6. The molecule has 7 nitrogen and oxygen atoms in total. The molecule has 0 fully saturated rings. The quantitative estimate of drug-likeness (QED) is 0.340. The van der Waals surface area contributed by atoms with Crippen LogP contribution >= 0.6 is 27.3 Å². The topological polar surface area (TPSA) is 88.1 Å². The molecule has 1 heterocycles. The molecule has 3 aromatic rings. The number of nitrogens with zero attached hydrogens (tertiary/aromatic N) is 2. The Balaban J connectivity index is 1.89. The molecule has 1 aromatic heterocycles. The number of thiophene rings is 1. The lowest BCUT2D eigenvalue weighted by Gasteiger charge is -2.24. The third-order valence-electron chi connectivity index (χ3n) is 4.59. The molecule has 0 saturated heterocycles. The number of carbonyl (C=O) groups excluding carboxylic acids is 1. The van der Waals surface area contributed by atoms with Crippen molar-refractivity contribution in [3.63, 3.8) is 0 Å². The smallest absolute Gasteiger partial charge is 0.264 e. The number of rotatable bonds is 8. The van der Waals surface area contributed by atoms with Gasteiger partial charge in [-0.3, -0.25) is 9.10 Å². The maximum absolute atomic E-state index is 13.5. The van der Waals surface area contributed by atoms with Gasteiger partial charge in [0.05, 0.1) is 28.4 Å². The Kier molecular flexibility index (Phi) is 7.70. The van der Waals surface area contributed by atoms with Gasteiger partial charge in [-0.15, -0.1) is 11.3 Å². The molecule has 0 spiro atoms. The van der Waals surface area contributed by atoms with Gasteiger partial charge in [0, 0.05) is 4.88 Å². The normalized spacial score (nSPS) is 11.5. The third-order valence-corrected chi connectivity index (χ3v) is 7.94. The highest BCUT2D eigenvalue weighted by Gasteiger charge is 2.28. The first kappa shape index (κ1) is 24.0. The summed E-state index contributed by atoms with van der Waals surface area (Å²) in [4.78, 5) is 13.5. The van der Waals surface area contributed by atoms with Gasteiger partial charge in [0.25, 0.3) is 15.9 Å². The largest absolute Gasteiger partial charge is 0.496 e. The molecular formula is C22H22BrN3O4S2. The SMILES string of the molecule is COc1ccc(S(=O)(=O)N(CC(=O)N/N=C\c2sccc2C)c2ccc(C)cc2)cc1Br.